The number of nitrogens with zero attached hydrogens (tertiary/aromatic N) is 3. The summed E-state index contributed by atoms with van der Waals surface area (Å²) in [7, 11) is 1.89. The van der Waals surface area contributed by atoms with Gasteiger partial charge in [0.2, 0.25) is 0 Å². The van der Waals surface area contributed by atoms with Gasteiger partial charge in [-0.2, -0.15) is 0 Å². The molecule has 0 atom stereocenters. The van der Waals surface area contributed by atoms with Crippen molar-refractivity contribution in [3.63, 3.8) is 0 Å². The van der Waals surface area contributed by atoms with Crippen LogP contribution in [0.25, 0.3) is 11.4 Å². The molecular weight excluding hydrogens is 363 g/mol. The zero-order chi connectivity index (χ0) is 14.9. The number of nitrogens with one attached hydrogen (secondary N) is 1. The Morgan fingerprint density at radius 3 is 2.45 bits per heavy atom. The van der Waals surface area contributed by atoms with E-state index in [-0.39, 0.29) is 5.41 Å². The molecule has 2 rings (SSSR count). The molecule has 20 heavy (non-hydrogen) atoms. The molecule has 5 heteroatoms. The van der Waals surface area contributed by atoms with Crippen LogP contribution in [0.5, 0.6) is 0 Å². The lowest BCUT2D eigenvalue weighted by atomic mass is 9.91. The summed E-state index contributed by atoms with van der Waals surface area (Å²) >= 11 is 2.31. The maximum absolute atomic E-state index is 4.78. The van der Waals surface area contributed by atoms with Crippen molar-refractivity contribution in [2.24, 2.45) is 0 Å². The van der Waals surface area contributed by atoms with Crippen molar-refractivity contribution in [3.05, 3.63) is 33.3 Å². The van der Waals surface area contributed by atoms with Crippen molar-refractivity contribution in [2.75, 3.05) is 12.4 Å². The molecule has 0 unspecified atom stereocenters. The summed E-state index contributed by atoms with van der Waals surface area (Å²) in [6, 6.07) is 1.98. The number of aryl methyl sites for hydroxylation is 1. The molecule has 2 aromatic rings. The van der Waals surface area contributed by atoms with Gasteiger partial charge in [-0.05, 0) is 41.1 Å². The Morgan fingerprint density at radius 1 is 1.20 bits per heavy atom. The lowest BCUT2D eigenvalue weighted by molar-refractivity contribution is 0.564. The van der Waals surface area contributed by atoms with Crippen LogP contribution in [0, 0.1) is 10.5 Å². The minimum atomic E-state index is -0.0318. The van der Waals surface area contributed by atoms with Gasteiger partial charge >= 0.3 is 0 Å². The molecule has 2 heterocycles. The summed E-state index contributed by atoms with van der Waals surface area (Å²) in [5.74, 6) is 1.59. The molecule has 0 amide bonds. The number of hydrogen-bond donors (Lipinski definition) is 1. The first kappa shape index (κ1) is 15.2. The Labute approximate surface area is 133 Å². The fourth-order valence-electron chi connectivity index (χ4n) is 1.93. The van der Waals surface area contributed by atoms with E-state index in [0.717, 1.165) is 32.0 Å². The highest BCUT2D eigenvalue weighted by Gasteiger charge is 2.23. The summed E-state index contributed by atoms with van der Waals surface area (Å²) in [5.41, 5.74) is 3.13. The van der Waals surface area contributed by atoms with E-state index in [2.05, 4.69) is 58.6 Å². The van der Waals surface area contributed by atoms with E-state index in [1.807, 2.05) is 26.2 Å². The number of anilines is 1. The third-order valence-electron chi connectivity index (χ3n) is 3.08. The van der Waals surface area contributed by atoms with Crippen molar-refractivity contribution < 1.29 is 0 Å². The molecule has 0 spiro atoms. The predicted octanol–water partition coefficient (Wildman–Crippen LogP) is 3.79. The van der Waals surface area contributed by atoms with Crippen molar-refractivity contribution in [2.45, 2.75) is 33.1 Å². The molecular formula is C15H19IN4. The van der Waals surface area contributed by atoms with Crippen LogP contribution in [0.15, 0.2) is 18.5 Å². The van der Waals surface area contributed by atoms with Gasteiger partial charge < -0.3 is 5.32 Å². The molecule has 0 saturated carbocycles. The van der Waals surface area contributed by atoms with Crippen LogP contribution in [0.4, 0.5) is 5.82 Å². The van der Waals surface area contributed by atoms with Crippen LogP contribution in [-0.4, -0.2) is 22.0 Å². The number of rotatable bonds is 2. The topological polar surface area (TPSA) is 50.7 Å². The fraction of sp³-hybridized carbons (Fsp3) is 0.400. The molecule has 0 bridgehead atoms. The number of halogens is 1. The van der Waals surface area contributed by atoms with Gasteiger partial charge in [-0.25, -0.2) is 9.97 Å². The Balaban J connectivity index is 2.70. The Bertz CT molecular complexity index is 632. The van der Waals surface area contributed by atoms with Crippen LogP contribution < -0.4 is 5.32 Å². The van der Waals surface area contributed by atoms with Crippen molar-refractivity contribution in [1.29, 1.82) is 0 Å². The van der Waals surface area contributed by atoms with Crippen molar-refractivity contribution in [1.82, 2.24) is 15.0 Å². The molecule has 0 radical (unpaired) electrons. The molecule has 0 aliphatic rings. The Kier molecular flexibility index (Phi) is 4.27. The number of aromatic nitrogens is 3. The number of hydrogen-bond acceptors (Lipinski definition) is 4. The maximum Gasteiger partial charge on any atom is 0.163 e. The van der Waals surface area contributed by atoms with Gasteiger partial charge in [0.1, 0.15) is 5.82 Å². The second kappa shape index (κ2) is 5.63. The first-order valence-electron chi connectivity index (χ1n) is 6.51. The van der Waals surface area contributed by atoms with Gasteiger partial charge in [0.25, 0.3) is 0 Å². The van der Waals surface area contributed by atoms with Gasteiger partial charge in [0.15, 0.2) is 5.82 Å². The Morgan fingerprint density at radius 2 is 1.90 bits per heavy atom. The summed E-state index contributed by atoms with van der Waals surface area (Å²) in [6.07, 6.45) is 3.61. The summed E-state index contributed by atoms with van der Waals surface area (Å²) in [4.78, 5) is 13.6. The normalized spacial score (nSPS) is 11.5. The molecule has 4 nitrogen and oxygen atoms in total. The van der Waals surface area contributed by atoms with Gasteiger partial charge in [0.05, 0.1) is 9.26 Å². The smallest absolute Gasteiger partial charge is 0.163 e. The number of pyridine rings is 1. The van der Waals surface area contributed by atoms with Gasteiger partial charge in [-0.15, -0.1) is 0 Å². The lowest BCUT2D eigenvalue weighted by Gasteiger charge is -2.22. The van der Waals surface area contributed by atoms with Crippen molar-refractivity contribution >= 4 is 28.4 Å². The molecule has 0 fully saturated rings. The average molecular weight is 382 g/mol. The molecule has 0 aliphatic carbocycles. The van der Waals surface area contributed by atoms with E-state index >= 15 is 0 Å². The summed E-state index contributed by atoms with van der Waals surface area (Å²) < 4.78 is 1.07. The predicted molar refractivity (Wildman–Crippen MR) is 91.0 cm³/mol. The minimum Gasteiger partial charge on any atom is -0.372 e. The second-order valence-corrected chi connectivity index (χ2v) is 6.83. The largest absolute Gasteiger partial charge is 0.372 e. The third-order valence-corrected chi connectivity index (χ3v) is 4.10. The zero-order valence-corrected chi connectivity index (χ0v) is 14.6. The van der Waals surface area contributed by atoms with Gasteiger partial charge in [0, 0.05) is 30.4 Å². The third kappa shape index (κ3) is 2.92. The zero-order valence-electron chi connectivity index (χ0n) is 12.5. The van der Waals surface area contributed by atoms with E-state index in [4.69, 9.17) is 4.98 Å². The van der Waals surface area contributed by atoms with Crippen LogP contribution in [0.3, 0.4) is 0 Å². The van der Waals surface area contributed by atoms with E-state index in [1.165, 1.54) is 0 Å². The SMILES string of the molecule is CNc1nc(-c2cnccc2C)nc(C(C)(C)C)c1I. The molecule has 0 aromatic carbocycles. The maximum atomic E-state index is 4.78. The summed E-state index contributed by atoms with van der Waals surface area (Å²) in [6.45, 7) is 8.54. The first-order chi connectivity index (χ1) is 9.34. The Hall–Kier alpha value is -1.24. The fourth-order valence-corrected chi connectivity index (χ4v) is 3.25. The average Bonchev–Trinajstić information content (AvgIpc) is 2.38. The van der Waals surface area contributed by atoms with Crippen LogP contribution in [-0.2, 0) is 5.41 Å². The van der Waals surface area contributed by atoms with Gasteiger partial charge in [-0.3, -0.25) is 4.98 Å². The highest BCUT2D eigenvalue weighted by atomic mass is 127. The molecule has 0 saturated heterocycles. The van der Waals surface area contributed by atoms with Crippen molar-refractivity contribution in [3.8, 4) is 11.4 Å². The highest BCUT2D eigenvalue weighted by Crippen LogP contribution is 2.31. The second-order valence-electron chi connectivity index (χ2n) is 5.75. The molecule has 106 valence electrons. The molecule has 0 aliphatic heterocycles. The molecule has 1 N–H and O–H groups in total. The van der Waals surface area contributed by atoms with Gasteiger partial charge in [-0.1, -0.05) is 20.8 Å². The highest BCUT2D eigenvalue weighted by molar-refractivity contribution is 14.1. The van der Waals surface area contributed by atoms with E-state index < -0.39 is 0 Å². The van der Waals surface area contributed by atoms with Crippen LogP contribution in [0.1, 0.15) is 32.0 Å². The van der Waals surface area contributed by atoms with Crippen LogP contribution >= 0.6 is 22.6 Å². The monoisotopic (exact) mass is 382 g/mol. The minimum absolute atomic E-state index is 0.0318. The standard InChI is InChI=1S/C15H19IN4/c1-9-6-7-18-8-10(9)13-19-12(15(2,3)4)11(16)14(17-5)20-13/h6-8H,1-5H3,(H,17,19,20). The van der Waals surface area contributed by atoms with E-state index in [0.29, 0.717) is 0 Å². The lowest BCUT2D eigenvalue weighted by Crippen LogP contribution is -2.18. The quantitative estimate of drug-likeness (QED) is 0.803. The van der Waals surface area contributed by atoms with E-state index in [1.54, 1.807) is 6.20 Å². The summed E-state index contributed by atoms with van der Waals surface area (Å²) in [5, 5.41) is 3.16. The first-order valence-corrected chi connectivity index (χ1v) is 7.59. The van der Waals surface area contributed by atoms with Crippen LogP contribution in [0.2, 0.25) is 0 Å². The van der Waals surface area contributed by atoms with E-state index in [9.17, 15) is 0 Å². The molecule has 2 aromatic heterocycles.